The van der Waals surface area contributed by atoms with Crippen LogP contribution in [0, 0.1) is 5.92 Å². The van der Waals surface area contributed by atoms with Crippen LogP contribution in [0.15, 0.2) is 28.9 Å². The Balaban J connectivity index is 0.00000225. The van der Waals surface area contributed by atoms with Gasteiger partial charge in [0.05, 0.1) is 5.56 Å². The fourth-order valence-corrected chi connectivity index (χ4v) is 5.14. The Morgan fingerprint density at radius 1 is 1.11 bits per heavy atom. The number of nitrogens with two attached hydrogens (primary N) is 1. The van der Waals surface area contributed by atoms with E-state index >= 15 is 0 Å². The van der Waals surface area contributed by atoms with Crippen molar-refractivity contribution in [2.24, 2.45) is 11.7 Å². The lowest BCUT2D eigenvalue weighted by atomic mass is 9.89. The van der Waals surface area contributed by atoms with E-state index in [1.807, 2.05) is 0 Å². The van der Waals surface area contributed by atoms with Crippen LogP contribution in [0.2, 0.25) is 0 Å². The van der Waals surface area contributed by atoms with Gasteiger partial charge < -0.3 is 15.6 Å². The van der Waals surface area contributed by atoms with Crippen molar-refractivity contribution in [1.29, 1.82) is 0 Å². The molecule has 0 unspecified atom stereocenters. The van der Waals surface area contributed by atoms with Crippen molar-refractivity contribution < 1.29 is 4.79 Å². The number of carbonyl (C=O) groups is 1. The largest absolute Gasteiger partial charge is 0.349 e. The van der Waals surface area contributed by atoms with Crippen molar-refractivity contribution in [1.82, 2.24) is 9.88 Å². The van der Waals surface area contributed by atoms with Gasteiger partial charge >= 0.3 is 0 Å². The van der Waals surface area contributed by atoms with Gasteiger partial charge in [0, 0.05) is 40.2 Å². The van der Waals surface area contributed by atoms with Crippen molar-refractivity contribution >= 4 is 45.1 Å². The molecule has 1 heterocycles. The zero-order valence-electron chi connectivity index (χ0n) is 16.3. The maximum absolute atomic E-state index is 13.1. The molecule has 3 N–H and O–H groups in total. The molecular formula is C22H31BrClN3O. The van der Waals surface area contributed by atoms with Crippen molar-refractivity contribution in [2.45, 2.75) is 76.4 Å². The maximum Gasteiger partial charge on any atom is 0.253 e. The predicted octanol–water partition coefficient (Wildman–Crippen LogP) is 5.41. The highest BCUT2D eigenvalue weighted by molar-refractivity contribution is 9.10. The molecule has 2 aromatic rings. The van der Waals surface area contributed by atoms with Crippen LogP contribution in [0.25, 0.3) is 10.9 Å². The molecule has 1 amide bonds. The van der Waals surface area contributed by atoms with Gasteiger partial charge in [-0.3, -0.25) is 4.79 Å². The van der Waals surface area contributed by atoms with Gasteiger partial charge in [-0.15, -0.1) is 12.4 Å². The van der Waals surface area contributed by atoms with E-state index in [-0.39, 0.29) is 24.4 Å². The van der Waals surface area contributed by atoms with Crippen molar-refractivity contribution in [3.05, 3.63) is 34.4 Å². The highest BCUT2D eigenvalue weighted by atomic mass is 79.9. The first-order valence-electron chi connectivity index (χ1n) is 10.4. The van der Waals surface area contributed by atoms with E-state index < -0.39 is 0 Å². The number of hydrogen-bond acceptors (Lipinski definition) is 2. The van der Waals surface area contributed by atoms with Gasteiger partial charge in [0.25, 0.3) is 5.91 Å². The molecule has 28 heavy (non-hydrogen) atoms. The molecule has 0 saturated heterocycles. The SMILES string of the molecule is Cl.NC1CCC(NC(=O)c2cn(CC3CCCCC3)c3ccc(Br)cc23)CC1. The third-order valence-electron chi connectivity index (χ3n) is 6.37. The topological polar surface area (TPSA) is 60.0 Å². The van der Waals surface area contributed by atoms with Gasteiger partial charge in [-0.1, -0.05) is 35.2 Å². The van der Waals surface area contributed by atoms with Crippen LogP contribution in [0.4, 0.5) is 0 Å². The van der Waals surface area contributed by atoms with Crippen LogP contribution < -0.4 is 11.1 Å². The highest BCUT2D eigenvalue weighted by Crippen LogP contribution is 2.30. The lowest BCUT2D eigenvalue weighted by Gasteiger charge is -2.26. The minimum Gasteiger partial charge on any atom is -0.349 e. The van der Waals surface area contributed by atoms with Gasteiger partial charge in [0.1, 0.15) is 0 Å². The Hall–Kier alpha value is -1.04. The molecule has 0 bridgehead atoms. The summed E-state index contributed by atoms with van der Waals surface area (Å²) >= 11 is 3.57. The van der Waals surface area contributed by atoms with Gasteiger partial charge in [-0.25, -0.2) is 0 Å². The number of amides is 1. The Morgan fingerprint density at radius 2 is 1.82 bits per heavy atom. The molecule has 2 aliphatic rings. The number of fused-ring (bicyclic) bond motifs is 1. The summed E-state index contributed by atoms with van der Waals surface area (Å²) in [6.07, 6.45) is 12.7. The van der Waals surface area contributed by atoms with Crippen LogP contribution >= 0.6 is 28.3 Å². The lowest BCUT2D eigenvalue weighted by Crippen LogP contribution is -2.40. The minimum absolute atomic E-state index is 0. The van der Waals surface area contributed by atoms with Crippen LogP contribution in [0.5, 0.6) is 0 Å². The summed E-state index contributed by atoms with van der Waals surface area (Å²) in [5.41, 5.74) is 7.97. The molecule has 2 fully saturated rings. The van der Waals surface area contributed by atoms with Crippen molar-refractivity contribution in [3.63, 3.8) is 0 Å². The van der Waals surface area contributed by atoms with Crippen LogP contribution in [-0.2, 0) is 6.54 Å². The Labute approximate surface area is 182 Å². The monoisotopic (exact) mass is 467 g/mol. The average molecular weight is 469 g/mol. The molecule has 154 valence electrons. The summed E-state index contributed by atoms with van der Waals surface area (Å²) in [6, 6.07) is 6.84. The van der Waals surface area contributed by atoms with Gasteiger partial charge in [-0.05, 0) is 62.6 Å². The third kappa shape index (κ3) is 4.92. The van der Waals surface area contributed by atoms with E-state index in [1.165, 1.54) is 37.6 Å². The van der Waals surface area contributed by atoms with E-state index in [2.05, 4.69) is 50.2 Å². The summed E-state index contributed by atoms with van der Waals surface area (Å²) in [7, 11) is 0. The number of halogens is 2. The molecular weight excluding hydrogens is 438 g/mol. The molecule has 0 spiro atoms. The van der Waals surface area contributed by atoms with Crippen molar-refractivity contribution in [3.8, 4) is 0 Å². The number of nitrogens with one attached hydrogen (secondary N) is 1. The van der Waals surface area contributed by atoms with Gasteiger partial charge in [0.15, 0.2) is 0 Å². The van der Waals surface area contributed by atoms with Crippen LogP contribution in [-0.4, -0.2) is 22.6 Å². The zero-order chi connectivity index (χ0) is 18.8. The molecule has 1 aromatic heterocycles. The summed E-state index contributed by atoms with van der Waals surface area (Å²) in [6.45, 7) is 1.02. The second kappa shape index (κ2) is 9.64. The smallest absolute Gasteiger partial charge is 0.253 e. The normalized spacial score (nSPS) is 23.4. The third-order valence-corrected chi connectivity index (χ3v) is 6.87. The molecule has 6 heteroatoms. The molecule has 2 saturated carbocycles. The second-order valence-electron chi connectivity index (χ2n) is 8.45. The molecule has 0 aliphatic heterocycles. The molecule has 2 aliphatic carbocycles. The first-order chi connectivity index (χ1) is 13.1. The molecule has 0 atom stereocenters. The number of nitrogens with zero attached hydrogens (tertiary/aromatic N) is 1. The Morgan fingerprint density at radius 3 is 2.54 bits per heavy atom. The van der Waals surface area contributed by atoms with E-state index in [4.69, 9.17) is 5.73 Å². The summed E-state index contributed by atoms with van der Waals surface area (Å²) in [4.78, 5) is 13.1. The highest BCUT2D eigenvalue weighted by Gasteiger charge is 2.23. The molecule has 4 rings (SSSR count). The number of carbonyl (C=O) groups excluding carboxylic acids is 1. The summed E-state index contributed by atoms with van der Waals surface area (Å²) in [5.74, 6) is 0.787. The van der Waals surface area contributed by atoms with Crippen LogP contribution in [0.3, 0.4) is 0 Å². The average Bonchev–Trinajstić information content (AvgIpc) is 3.02. The molecule has 0 radical (unpaired) electrons. The number of benzene rings is 1. The summed E-state index contributed by atoms with van der Waals surface area (Å²) in [5, 5.41) is 4.31. The quantitative estimate of drug-likeness (QED) is 0.630. The lowest BCUT2D eigenvalue weighted by molar-refractivity contribution is 0.0927. The second-order valence-corrected chi connectivity index (χ2v) is 9.36. The number of hydrogen-bond donors (Lipinski definition) is 2. The van der Waals surface area contributed by atoms with Gasteiger partial charge in [0.2, 0.25) is 0 Å². The fraction of sp³-hybridized carbons (Fsp3) is 0.591. The standard InChI is InChI=1S/C22H30BrN3O.ClH/c23-16-6-11-21-19(12-16)20(14-26(21)13-15-4-2-1-3-5-15)22(27)25-18-9-7-17(24)8-10-18;/h6,11-12,14-15,17-18H,1-5,7-10,13,24H2,(H,25,27);1H. The molecule has 4 nitrogen and oxygen atoms in total. The minimum atomic E-state index is 0. The van der Waals surface area contributed by atoms with E-state index in [0.717, 1.165) is 53.6 Å². The van der Waals surface area contributed by atoms with Crippen LogP contribution in [0.1, 0.15) is 68.1 Å². The number of rotatable bonds is 4. The predicted molar refractivity (Wildman–Crippen MR) is 121 cm³/mol. The number of aromatic nitrogens is 1. The first kappa shape index (κ1) is 21.7. The summed E-state index contributed by atoms with van der Waals surface area (Å²) < 4.78 is 3.33. The zero-order valence-corrected chi connectivity index (χ0v) is 18.7. The van der Waals surface area contributed by atoms with Gasteiger partial charge in [-0.2, -0.15) is 0 Å². The Bertz CT molecular complexity index is 807. The maximum atomic E-state index is 13.1. The molecule has 1 aromatic carbocycles. The van der Waals surface area contributed by atoms with E-state index in [0.29, 0.717) is 6.04 Å². The van der Waals surface area contributed by atoms with E-state index in [9.17, 15) is 4.79 Å². The fourth-order valence-electron chi connectivity index (χ4n) is 4.78. The van der Waals surface area contributed by atoms with E-state index in [1.54, 1.807) is 0 Å². The first-order valence-corrected chi connectivity index (χ1v) is 11.2. The van der Waals surface area contributed by atoms with Crippen molar-refractivity contribution in [2.75, 3.05) is 0 Å². The Kier molecular flexibility index (Phi) is 7.46.